The number of nitrogens with zero attached hydrogens (tertiary/aromatic N) is 4. The number of anilines is 4. The summed E-state index contributed by atoms with van der Waals surface area (Å²) < 4.78 is 0. The van der Waals surface area contributed by atoms with Crippen molar-refractivity contribution >= 4 is 44.8 Å². The van der Waals surface area contributed by atoms with E-state index in [2.05, 4.69) is 141 Å². The number of aryl methyl sites for hydroxylation is 2. The van der Waals surface area contributed by atoms with Gasteiger partial charge in [0.2, 0.25) is 0 Å². The van der Waals surface area contributed by atoms with Crippen LogP contribution in [0.2, 0.25) is 0 Å². The third-order valence-corrected chi connectivity index (χ3v) is 8.50. The summed E-state index contributed by atoms with van der Waals surface area (Å²) >= 11 is 0. The van der Waals surface area contributed by atoms with Gasteiger partial charge in [-0.1, -0.05) is 84.9 Å². The van der Waals surface area contributed by atoms with E-state index in [1.807, 2.05) is 30.3 Å². The topological polar surface area (TPSA) is 32.3 Å². The van der Waals surface area contributed by atoms with Crippen molar-refractivity contribution in [2.45, 2.75) is 13.8 Å². The zero-order valence-corrected chi connectivity index (χ0v) is 25.5. The molecule has 1 aliphatic heterocycles. The molecule has 0 unspecified atom stereocenters. The lowest BCUT2D eigenvalue weighted by molar-refractivity contribution is 1.09. The second kappa shape index (κ2) is 11.3. The zero-order valence-electron chi connectivity index (χ0n) is 25.5. The largest absolute Gasteiger partial charge is 0.341 e. The predicted octanol–water partition coefficient (Wildman–Crippen LogP) is 10.3. The normalized spacial score (nSPS) is 12.0. The maximum absolute atomic E-state index is 4.74. The van der Waals surface area contributed by atoms with E-state index >= 15 is 0 Å². The third-order valence-electron chi connectivity index (χ3n) is 8.50. The Labute approximate surface area is 258 Å². The number of hydrogen-bond acceptors (Lipinski definition) is 4. The van der Waals surface area contributed by atoms with E-state index in [0.717, 1.165) is 22.1 Å². The van der Waals surface area contributed by atoms with Gasteiger partial charge < -0.3 is 9.80 Å². The molecule has 0 aliphatic carbocycles. The van der Waals surface area contributed by atoms with Crippen molar-refractivity contribution in [1.29, 1.82) is 0 Å². The minimum absolute atomic E-state index is 0.938. The summed E-state index contributed by atoms with van der Waals surface area (Å²) in [4.78, 5) is 14.0. The minimum Gasteiger partial charge on any atom is -0.341 e. The Hall–Kier alpha value is -5.48. The fourth-order valence-electron chi connectivity index (χ4n) is 6.14. The van der Waals surface area contributed by atoms with Gasteiger partial charge in [-0.3, -0.25) is 0 Å². The minimum atomic E-state index is 0.938. The first kappa shape index (κ1) is 27.4. The van der Waals surface area contributed by atoms with Crippen LogP contribution in [-0.4, -0.2) is 24.1 Å². The van der Waals surface area contributed by atoms with Crippen LogP contribution in [0.15, 0.2) is 133 Å². The molecule has 0 amide bonds. The summed E-state index contributed by atoms with van der Waals surface area (Å²) in [5.74, 6) is 0. The lowest BCUT2D eigenvalue weighted by atomic mass is 9.97. The van der Waals surface area contributed by atoms with Gasteiger partial charge in [-0.15, -0.1) is 0 Å². The van der Waals surface area contributed by atoms with Gasteiger partial charge in [0.05, 0.1) is 44.8 Å². The summed E-state index contributed by atoms with van der Waals surface area (Å²) in [7, 11) is 4.29. The number of benzene rings is 6. The average Bonchev–Trinajstić information content (AvgIpc) is 3.07. The summed E-state index contributed by atoms with van der Waals surface area (Å²) in [6, 6.07) is 46.4. The van der Waals surface area contributed by atoms with Crippen LogP contribution in [0.25, 0.3) is 44.3 Å². The van der Waals surface area contributed by atoms with Gasteiger partial charge >= 0.3 is 0 Å². The first-order chi connectivity index (χ1) is 21.5. The highest BCUT2D eigenvalue weighted by Gasteiger charge is 2.24. The van der Waals surface area contributed by atoms with Gasteiger partial charge in [0.25, 0.3) is 0 Å². The molecule has 7 aromatic rings. The van der Waals surface area contributed by atoms with Crippen LogP contribution in [0.5, 0.6) is 0 Å². The molecule has 4 nitrogen and oxygen atoms in total. The van der Waals surface area contributed by atoms with Gasteiger partial charge in [-0.2, -0.15) is 0 Å². The molecule has 0 fully saturated rings. The molecule has 0 N–H and O–H groups in total. The lowest BCUT2D eigenvalue weighted by Crippen LogP contribution is -2.24. The first-order valence-electron chi connectivity index (χ1n) is 15.0. The summed E-state index contributed by atoms with van der Waals surface area (Å²) in [5, 5.41) is 0. The molecule has 6 aromatic carbocycles. The van der Waals surface area contributed by atoms with Crippen LogP contribution >= 0.6 is 0 Å². The predicted molar refractivity (Wildman–Crippen MR) is 186 cm³/mol. The molecule has 2 heterocycles. The monoisotopic (exact) mass is 570 g/mol. The Morgan fingerprint density at radius 2 is 0.795 bits per heavy atom. The van der Waals surface area contributed by atoms with Crippen molar-refractivity contribution in [3.05, 3.63) is 145 Å². The molecule has 4 heteroatoms. The van der Waals surface area contributed by atoms with E-state index in [0.29, 0.717) is 0 Å². The van der Waals surface area contributed by atoms with Crippen molar-refractivity contribution in [3.63, 3.8) is 0 Å². The van der Waals surface area contributed by atoms with Crippen molar-refractivity contribution in [2.24, 2.45) is 0 Å². The third kappa shape index (κ3) is 4.95. The fraction of sp³-hybridized carbons (Fsp3) is 0.100. The van der Waals surface area contributed by atoms with Crippen LogP contribution in [0.1, 0.15) is 11.1 Å². The molecule has 0 saturated heterocycles. The Morgan fingerprint density at radius 1 is 0.386 bits per heavy atom. The molecule has 8 rings (SSSR count). The fourth-order valence-corrected chi connectivity index (χ4v) is 6.14. The number of fused-ring (bicyclic) bond motifs is 4. The molecular formula is C40H34N4. The van der Waals surface area contributed by atoms with E-state index in [4.69, 9.17) is 9.97 Å². The van der Waals surface area contributed by atoms with Gasteiger partial charge in [0.1, 0.15) is 0 Å². The van der Waals surface area contributed by atoms with Crippen LogP contribution < -0.4 is 9.80 Å². The molecule has 0 saturated carbocycles. The smallest absolute Gasteiger partial charge is 0.0901 e. The van der Waals surface area contributed by atoms with Crippen molar-refractivity contribution < 1.29 is 0 Å². The van der Waals surface area contributed by atoms with E-state index in [-0.39, 0.29) is 0 Å². The van der Waals surface area contributed by atoms with Crippen LogP contribution in [0.3, 0.4) is 0 Å². The Morgan fingerprint density at radius 3 is 1.34 bits per heavy atom. The molecule has 1 aliphatic rings. The molecule has 0 radical (unpaired) electrons. The number of aromatic nitrogens is 2. The lowest BCUT2D eigenvalue weighted by Gasteiger charge is -2.37. The zero-order chi connectivity index (χ0) is 30.2. The Kier molecular flexibility index (Phi) is 7.03. The molecule has 44 heavy (non-hydrogen) atoms. The number of rotatable bonds is 2. The molecule has 0 spiro atoms. The number of hydrogen-bond donors (Lipinski definition) is 0. The standard InChI is InChI=1S/C21H20N2.C19H14N2/c1-15-13-20-21(14-17(15)16-9-5-4-6-10-16)23(3)19-12-8-7-11-18(19)22(20)2;1-13-11-18-19(12-15(13)14-7-3-2-4-8-14)21-17-10-6-5-9-16(17)20-18/h4-14H,1-3H3;2-12H,1H3. The highest BCUT2D eigenvalue weighted by atomic mass is 15.2. The van der Waals surface area contributed by atoms with E-state index < -0.39 is 0 Å². The van der Waals surface area contributed by atoms with Gasteiger partial charge in [0.15, 0.2) is 0 Å². The summed E-state index contributed by atoms with van der Waals surface area (Å²) in [5.41, 5.74) is 16.3. The van der Waals surface area contributed by atoms with E-state index in [9.17, 15) is 0 Å². The highest BCUT2D eigenvalue weighted by Crippen LogP contribution is 2.48. The van der Waals surface area contributed by atoms with Crippen LogP contribution in [0, 0.1) is 13.8 Å². The van der Waals surface area contributed by atoms with E-state index in [1.54, 1.807) is 0 Å². The van der Waals surface area contributed by atoms with E-state index in [1.165, 1.54) is 56.1 Å². The van der Waals surface area contributed by atoms with Crippen molar-refractivity contribution in [1.82, 2.24) is 9.97 Å². The Balaban J connectivity index is 0.000000143. The number of para-hydroxylation sites is 4. The molecule has 214 valence electrons. The molecule has 1 aromatic heterocycles. The van der Waals surface area contributed by atoms with Crippen LogP contribution in [0.4, 0.5) is 22.7 Å². The maximum atomic E-state index is 4.74. The van der Waals surface area contributed by atoms with Crippen LogP contribution in [-0.2, 0) is 0 Å². The summed E-state index contributed by atoms with van der Waals surface area (Å²) in [6.07, 6.45) is 0. The maximum Gasteiger partial charge on any atom is 0.0901 e. The molecular weight excluding hydrogens is 536 g/mol. The molecule has 0 atom stereocenters. The SMILES string of the molecule is Cc1cc2c(cc1-c1ccccc1)N(C)c1ccccc1N2C.Cc1cc2nc3ccccc3nc2cc1-c1ccccc1. The highest BCUT2D eigenvalue weighted by molar-refractivity contribution is 5.95. The Bertz CT molecular complexity index is 2120. The van der Waals surface area contributed by atoms with Crippen molar-refractivity contribution in [3.8, 4) is 22.3 Å². The van der Waals surface area contributed by atoms with Gasteiger partial charge in [0, 0.05) is 14.1 Å². The first-order valence-corrected chi connectivity index (χ1v) is 15.0. The average molecular weight is 571 g/mol. The molecule has 0 bridgehead atoms. The second-order valence-corrected chi connectivity index (χ2v) is 11.4. The van der Waals surface area contributed by atoms with Gasteiger partial charge in [-0.25, -0.2) is 9.97 Å². The van der Waals surface area contributed by atoms with Gasteiger partial charge in [-0.05, 0) is 95.8 Å². The van der Waals surface area contributed by atoms with Crippen molar-refractivity contribution in [2.75, 3.05) is 23.9 Å². The quantitative estimate of drug-likeness (QED) is 0.194. The second-order valence-electron chi connectivity index (χ2n) is 11.4. The summed E-state index contributed by atoms with van der Waals surface area (Å²) in [6.45, 7) is 4.32.